The molecule has 0 aliphatic rings. The molecule has 0 radical (unpaired) electrons. The fourth-order valence-electron chi connectivity index (χ4n) is 2.07. The van der Waals surface area contributed by atoms with Crippen LogP contribution in [0.2, 0.25) is 0 Å². The Balaban J connectivity index is 2.35. The van der Waals surface area contributed by atoms with Gasteiger partial charge in [0.2, 0.25) is 0 Å². The Kier molecular flexibility index (Phi) is 4.90. The molecule has 0 aliphatic heterocycles. The Morgan fingerprint density at radius 2 is 2.00 bits per heavy atom. The standard InChI is InChI=1S/C15H20N4OS/c1-4-9-19(12-7-5-11(16)6-8-12)15(20)14-13(10(2)3)17-18-21-14/h5-8,10H,4,9,16H2,1-3H3. The summed E-state index contributed by atoms with van der Waals surface area (Å²) in [6, 6.07) is 7.35. The smallest absolute Gasteiger partial charge is 0.271 e. The van der Waals surface area contributed by atoms with Gasteiger partial charge in [-0.3, -0.25) is 4.79 Å². The van der Waals surface area contributed by atoms with E-state index in [1.54, 1.807) is 17.0 Å². The maximum atomic E-state index is 12.8. The van der Waals surface area contributed by atoms with E-state index in [1.807, 2.05) is 32.9 Å². The molecule has 1 aromatic heterocycles. The number of rotatable bonds is 5. The summed E-state index contributed by atoms with van der Waals surface area (Å²) in [5.41, 5.74) is 8.01. The molecule has 0 bridgehead atoms. The Hall–Kier alpha value is -1.95. The molecule has 2 aromatic rings. The van der Waals surface area contributed by atoms with Crippen LogP contribution in [0.15, 0.2) is 24.3 Å². The van der Waals surface area contributed by atoms with Crippen molar-refractivity contribution in [1.82, 2.24) is 9.59 Å². The normalized spacial score (nSPS) is 10.9. The van der Waals surface area contributed by atoms with Gasteiger partial charge in [-0.2, -0.15) is 0 Å². The highest BCUT2D eigenvalue weighted by molar-refractivity contribution is 7.08. The van der Waals surface area contributed by atoms with Crippen LogP contribution in [0.25, 0.3) is 0 Å². The second kappa shape index (κ2) is 6.67. The van der Waals surface area contributed by atoms with Crippen LogP contribution in [0.1, 0.15) is 48.5 Å². The van der Waals surface area contributed by atoms with Crippen LogP contribution < -0.4 is 10.6 Å². The number of amides is 1. The molecule has 0 spiro atoms. The lowest BCUT2D eigenvalue weighted by atomic mass is 10.1. The zero-order chi connectivity index (χ0) is 15.4. The van der Waals surface area contributed by atoms with Crippen LogP contribution in [0.4, 0.5) is 11.4 Å². The molecule has 0 fully saturated rings. The van der Waals surface area contributed by atoms with Crippen molar-refractivity contribution in [3.63, 3.8) is 0 Å². The molecule has 2 N–H and O–H groups in total. The number of nitrogens with two attached hydrogens (primary N) is 1. The predicted molar refractivity (Wildman–Crippen MR) is 86.8 cm³/mol. The number of benzene rings is 1. The van der Waals surface area contributed by atoms with Gasteiger partial charge in [-0.05, 0) is 48.1 Å². The van der Waals surface area contributed by atoms with Gasteiger partial charge in [0.15, 0.2) is 0 Å². The number of anilines is 2. The van der Waals surface area contributed by atoms with Crippen molar-refractivity contribution < 1.29 is 4.79 Å². The zero-order valence-electron chi connectivity index (χ0n) is 12.5. The molecule has 6 heteroatoms. The Morgan fingerprint density at radius 3 is 2.57 bits per heavy atom. The number of hydrogen-bond acceptors (Lipinski definition) is 5. The third-order valence-electron chi connectivity index (χ3n) is 3.15. The van der Waals surface area contributed by atoms with Crippen molar-refractivity contribution in [3.8, 4) is 0 Å². The maximum absolute atomic E-state index is 12.8. The van der Waals surface area contributed by atoms with Gasteiger partial charge < -0.3 is 10.6 Å². The van der Waals surface area contributed by atoms with E-state index in [-0.39, 0.29) is 11.8 Å². The van der Waals surface area contributed by atoms with E-state index in [0.717, 1.165) is 29.3 Å². The van der Waals surface area contributed by atoms with E-state index in [9.17, 15) is 4.79 Å². The number of hydrogen-bond donors (Lipinski definition) is 1. The van der Waals surface area contributed by atoms with Crippen molar-refractivity contribution in [2.45, 2.75) is 33.1 Å². The van der Waals surface area contributed by atoms with Gasteiger partial charge in [-0.25, -0.2) is 0 Å². The van der Waals surface area contributed by atoms with Crippen LogP contribution in [-0.2, 0) is 0 Å². The van der Waals surface area contributed by atoms with Crippen molar-refractivity contribution in [1.29, 1.82) is 0 Å². The molecule has 2 rings (SSSR count). The number of carbonyl (C=O) groups excluding carboxylic acids is 1. The molecule has 0 aliphatic carbocycles. The molecule has 21 heavy (non-hydrogen) atoms. The van der Waals surface area contributed by atoms with Crippen LogP contribution >= 0.6 is 11.5 Å². The molecular weight excluding hydrogens is 284 g/mol. The maximum Gasteiger partial charge on any atom is 0.271 e. The van der Waals surface area contributed by atoms with E-state index < -0.39 is 0 Å². The van der Waals surface area contributed by atoms with Crippen LogP contribution in [0.3, 0.4) is 0 Å². The minimum absolute atomic E-state index is 0.0414. The van der Waals surface area contributed by atoms with Crippen molar-refractivity contribution in [3.05, 3.63) is 34.8 Å². The molecular formula is C15H20N4OS. The Morgan fingerprint density at radius 1 is 1.33 bits per heavy atom. The first-order valence-corrected chi connectivity index (χ1v) is 7.81. The average Bonchev–Trinajstić information content (AvgIpc) is 2.95. The summed E-state index contributed by atoms with van der Waals surface area (Å²) in [6.45, 7) is 6.73. The topological polar surface area (TPSA) is 72.1 Å². The molecule has 1 aromatic carbocycles. The molecule has 5 nitrogen and oxygen atoms in total. The lowest BCUT2D eigenvalue weighted by Gasteiger charge is -2.22. The Bertz CT molecular complexity index is 606. The number of aromatic nitrogens is 2. The minimum atomic E-state index is -0.0414. The monoisotopic (exact) mass is 304 g/mol. The molecule has 1 heterocycles. The fraction of sp³-hybridized carbons (Fsp3) is 0.400. The van der Waals surface area contributed by atoms with Gasteiger partial charge in [-0.1, -0.05) is 25.3 Å². The van der Waals surface area contributed by atoms with Crippen LogP contribution in [0, 0.1) is 0 Å². The first-order chi connectivity index (χ1) is 10.0. The average molecular weight is 304 g/mol. The first-order valence-electron chi connectivity index (χ1n) is 7.04. The zero-order valence-corrected chi connectivity index (χ0v) is 13.4. The van der Waals surface area contributed by atoms with E-state index in [1.165, 1.54) is 0 Å². The summed E-state index contributed by atoms with van der Waals surface area (Å²) in [4.78, 5) is 15.2. The van der Waals surface area contributed by atoms with Gasteiger partial charge in [-0.15, -0.1) is 5.10 Å². The van der Waals surface area contributed by atoms with Gasteiger partial charge in [0.1, 0.15) is 4.88 Å². The molecule has 0 atom stereocenters. The molecule has 0 saturated heterocycles. The Labute approximate surface area is 128 Å². The summed E-state index contributed by atoms with van der Waals surface area (Å²) in [5, 5.41) is 4.09. The second-order valence-corrected chi connectivity index (χ2v) is 5.94. The largest absolute Gasteiger partial charge is 0.399 e. The molecule has 0 saturated carbocycles. The quantitative estimate of drug-likeness (QED) is 0.860. The second-order valence-electron chi connectivity index (χ2n) is 5.19. The first kappa shape index (κ1) is 15.4. The van der Waals surface area contributed by atoms with Gasteiger partial charge in [0.05, 0.1) is 5.69 Å². The minimum Gasteiger partial charge on any atom is -0.399 e. The summed E-state index contributed by atoms with van der Waals surface area (Å²) < 4.78 is 3.94. The summed E-state index contributed by atoms with van der Waals surface area (Å²) in [7, 11) is 0. The van der Waals surface area contributed by atoms with Crippen molar-refractivity contribution >= 4 is 28.8 Å². The van der Waals surface area contributed by atoms with E-state index in [0.29, 0.717) is 17.1 Å². The number of carbonyl (C=O) groups is 1. The van der Waals surface area contributed by atoms with Crippen LogP contribution in [-0.4, -0.2) is 22.0 Å². The highest BCUT2D eigenvalue weighted by Crippen LogP contribution is 2.25. The fourth-order valence-corrected chi connectivity index (χ4v) is 2.84. The van der Waals surface area contributed by atoms with Crippen LogP contribution in [0.5, 0.6) is 0 Å². The van der Waals surface area contributed by atoms with Crippen molar-refractivity contribution in [2.75, 3.05) is 17.2 Å². The highest BCUT2D eigenvalue weighted by Gasteiger charge is 2.24. The van der Waals surface area contributed by atoms with Gasteiger partial charge in [0.25, 0.3) is 5.91 Å². The van der Waals surface area contributed by atoms with Gasteiger partial charge >= 0.3 is 0 Å². The summed E-state index contributed by atoms with van der Waals surface area (Å²) in [6.07, 6.45) is 0.874. The summed E-state index contributed by atoms with van der Waals surface area (Å²) in [5.74, 6) is 0.137. The van der Waals surface area contributed by atoms with E-state index in [2.05, 4.69) is 9.59 Å². The lowest BCUT2D eigenvalue weighted by Crippen LogP contribution is -2.31. The number of nitrogen functional groups attached to an aromatic ring is 1. The SMILES string of the molecule is CCCN(C(=O)c1snnc1C(C)C)c1ccc(N)cc1. The summed E-state index contributed by atoms with van der Waals surface area (Å²) >= 11 is 1.16. The van der Waals surface area contributed by atoms with E-state index in [4.69, 9.17) is 5.73 Å². The molecule has 1 amide bonds. The molecule has 0 unspecified atom stereocenters. The predicted octanol–water partition coefficient (Wildman–Crippen LogP) is 3.30. The third kappa shape index (κ3) is 3.39. The number of nitrogens with zero attached hydrogens (tertiary/aromatic N) is 3. The van der Waals surface area contributed by atoms with Crippen molar-refractivity contribution in [2.24, 2.45) is 0 Å². The third-order valence-corrected chi connectivity index (χ3v) is 3.88. The lowest BCUT2D eigenvalue weighted by molar-refractivity contribution is 0.0989. The van der Waals surface area contributed by atoms with Gasteiger partial charge in [0, 0.05) is 17.9 Å². The van der Waals surface area contributed by atoms with E-state index >= 15 is 0 Å². The molecule has 112 valence electrons. The highest BCUT2D eigenvalue weighted by atomic mass is 32.1.